The minimum Gasteiger partial charge on any atom is -0.478 e. The van der Waals surface area contributed by atoms with Gasteiger partial charge < -0.3 is 21.3 Å². The molecule has 0 radical (unpaired) electrons. The van der Waals surface area contributed by atoms with Gasteiger partial charge in [-0.1, -0.05) is 35.3 Å². The summed E-state index contributed by atoms with van der Waals surface area (Å²) in [5.74, 6) is -0.910. The fourth-order valence-corrected chi connectivity index (χ4v) is 3.20. The van der Waals surface area contributed by atoms with Crippen LogP contribution in [-0.2, 0) is 6.42 Å². The predicted molar refractivity (Wildman–Crippen MR) is 105 cm³/mol. The van der Waals surface area contributed by atoms with Crippen LogP contribution in [0, 0.1) is 6.92 Å². The van der Waals surface area contributed by atoms with Crippen molar-refractivity contribution < 1.29 is 15.0 Å². The van der Waals surface area contributed by atoms with Crippen LogP contribution in [0.2, 0.25) is 10.0 Å². The van der Waals surface area contributed by atoms with Crippen LogP contribution in [0.25, 0.3) is 0 Å². The minimum atomic E-state index is -0.910. The van der Waals surface area contributed by atoms with Gasteiger partial charge in [0, 0.05) is 6.54 Å². The average molecular weight is 397 g/mol. The number of benzene rings is 2. The monoisotopic (exact) mass is 396 g/mol. The van der Waals surface area contributed by atoms with Gasteiger partial charge in [-0.15, -0.1) is 0 Å². The van der Waals surface area contributed by atoms with E-state index in [9.17, 15) is 9.90 Å². The lowest BCUT2D eigenvalue weighted by Crippen LogP contribution is -2.23. The molecule has 0 aliphatic heterocycles. The van der Waals surface area contributed by atoms with Crippen LogP contribution in [-0.4, -0.2) is 29.3 Å². The maximum absolute atomic E-state index is 11.0. The lowest BCUT2D eigenvalue weighted by molar-refractivity contribution is 0.0696. The molecular weight excluding hydrogens is 375 g/mol. The van der Waals surface area contributed by atoms with E-state index >= 15 is 0 Å². The summed E-state index contributed by atoms with van der Waals surface area (Å²) in [4.78, 5) is 11.0. The third-order valence-corrected chi connectivity index (χ3v) is 4.79. The lowest BCUT2D eigenvalue weighted by Gasteiger charge is -2.14. The number of aliphatic hydroxyl groups excluding tert-OH is 1. The Morgan fingerprint density at radius 2 is 1.88 bits per heavy atom. The molecule has 0 heterocycles. The molecule has 5 nitrogen and oxygen atoms in total. The first-order valence-corrected chi connectivity index (χ1v) is 9.01. The van der Waals surface area contributed by atoms with Crippen molar-refractivity contribution in [3.05, 3.63) is 62.6 Å². The number of hydrogen-bond donors (Lipinski definition) is 4. The van der Waals surface area contributed by atoms with Gasteiger partial charge in [-0.25, -0.2) is 4.79 Å². The molecule has 1 atom stereocenters. The summed E-state index contributed by atoms with van der Waals surface area (Å²) in [5.41, 5.74) is 8.79. The van der Waals surface area contributed by atoms with Crippen LogP contribution in [0.15, 0.2) is 30.3 Å². The molecule has 7 heteroatoms. The molecule has 0 saturated heterocycles. The van der Waals surface area contributed by atoms with Crippen LogP contribution in [0.5, 0.6) is 0 Å². The summed E-state index contributed by atoms with van der Waals surface area (Å²) >= 11 is 12.0. The standard InChI is InChI=1S/C19H22Cl2N2O3/c1-11-7-12(4-5-14(11)19(25)26)3-2-6-23-10-17(24)13-8-15(20)18(22)16(21)9-13/h4-5,7-9,17,23-24H,2-3,6,10,22H2,1H3,(H,25,26). The third-order valence-electron chi connectivity index (χ3n) is 4.16. The highest BCUT2D eigenvalue weighted by Crippen LogP contribution is 2.31. The Bertz CT molecular complexity index is 773. The second-order valence-corrected chi connectivity index (χ2v) is 6.99. The van der Waals surface area contributed by atoms with Gasteiger partial charge in [0.05, 0.1) is 27.4 Å². The number of carboxylic acids is 1. The average Bonchev–Trinajstić information content (AvgIpc) is 2.58. The van der Waals surface area contributed by atoms with Crippen LogP contribution in [0.1, 0.15) is 39.6 Å². The van der Waals surface area contributed by atoms with E-state index in [4.69, 9.17) is 34.0 Å². The zero-order valence-electron chi connectivity index (χ0n) is 14.4. The number of rotatable bonds is 8. The quantitative estimate of drug-likeness (QED) is 0.401. The summed E-state index contributed by atoms with van der Waals surface area (Å²) in [6.07, 6.45) is 0.952. The Balaban J connectivity index is 1.78. The zero-order valence-corrected chi connectivity index (χ0v) is 15.9. The molecule has 2 aromatic carbocycles. The van der Waals surface area contributed by atoms with E-state index < -0.39 is 12.1 Å². The van der Waals surface area contributed by atoms with Crippen molar-refractivity contribution in [1.29, 1.82) is 0 Å². The normalized spacial score (nSPS) is 12.2. The molecule has 0 saturated carbocycles. The largest absolute Gasteiger partial charge is 0.478 e. The van der Waals surface area contributed by atoms with E-state index in [1.165, 1.54) is 0 Å². The molecule has 0 spiro atoms. The van der Waals surface area contributed by atoms with Gasteiger partial charge in [0.1, 0.15) is 0 Å². The van der Waals surface area contributed by atoms with Crippen molar-refractivity contribution in [2.45, 2.75) is 25.9 Å². The molecule has 0 aliphatic carbocycles. The van der Waals surface area contributed by atoms with Crippen LogP contribution < -0.4 is 11.1 Å². The van der Waals surface area contributed by atoms with Gasteiger partial charge in [-0.3, -0.25) is 0 Å². The van der Waals surface area contributed by atoms with Gasteiger partial charge in [-0.2, -0.15) is 0 Å². The van der Waals surface area contributed by atoms with Crippen molar-refractivity contribution >= 4 is 34.9 Å². The molecule has 0 aromatic heterocycles. The lowest BCUT2D eigenvalue weighted by atomic mass is 10.0. The summed E-state index contributed by atoms with van der Waals surface area (Å²) < 4.78 is 0. The molecular formula is C19H22Cl2N2O3. The van der Waals surface area contributed by atoms with E-state index in [1.807, 2.05) is 12.1 Å². The van der Waals surface area contributed by atoms with Gasteiger partial charge in [-0.05, 0) is 61.2 Å². The van der Waals surface area contributed by atoms with E-state index in [0.29, 0.717) is 39.9 Å². The van der Waals surface area contributed by atoms with E-state index in [0.717, 1.165) is 24.0 Å². The van der Waals surface area contributed by atoms with Crippen molar-refractivity contribution in [1.82, 2.24) is 5.32 Å². The van der Waals surface area contributed by atoms with E-state index in [2.05, 4.69) is 5.32 Å². The first kappa shape index (κ1) is 20.5. The van der Waals surface area contributed by atoms with Crippen molar-refractivity contribution in [2.24, 2.45) is 0 Å². The molecule has 5 N–H and O–H groups in total. The minimum absolute atomic E-state index is 0.307. The fourth-order valence-electron chi connectivity index (χ4n) is 2.69. The summed E-state index contributed by atoms with van der Waals surface area (Å²) in [5, 5.41) is 23.1. The summed E-state index contributed by atoms with van der Waals surface area (Å²) in [6.45, 7) is 2.88. The van der Waals surface area contributed by atoms with Gasteiger partial charge in [0.2, 0.25) is 0 Å². The first-order valence-electron chi connectivity index (χ1n) is 8.25. The highest BCUT2D eigenvalue weighted by atomic mass is 35.5. The number of anilines is 1. The topological polar surface area (TPSA) is 95.6 Å². The Labute approximate surface area is 162 Å². The SMILES string of the molecule is Cc1cc(CCCNCC(O)c2cc(Cl)c(N)c(Cl)c2)ccc1C(=O)O. The maximum atomic E-state index is 11.0. The molecule has 140 valence electrons. The van der Waals surface area contributed by atoms with E-state index in [-0.39, 0.29) is 0 Å². The molecule has 0 amide bonds. The Hall–Kier alpha value is -1.79. The number of hydrogen-bond acceptors (Lipinski definition) is 4. The molecule has 2 rings (SSSR count). The van der Waals surface area contributed by atoms with Crippen LogP contribution in [0.3, 0.4) is 0 Å². The number of aliphatic hydroxyl groups is 1. The van der Waals surface area contributed by atoms with Gasteiger partial charge >= 0.3 is 5.97 Å². The summed E-state index contributed by atoms with van der Waals surface area (Å²) in [7, 11) is 0. The van der Waals surface area contributed by atoms with Crippen molar-refractivity contribution in [2.75, 3.05) is 18.8 Å². The Kier molecular flexibility index (Phi) is 7.29. The van der Waals surface area contributed by atoms with Gasteiger partial charge in [0.25, 0.3) is 0 Å². The second kappa shape index (κ2) is 9.24. The molecule has 0 bridgehead atoms. The Morgan fingerprint density at radius 1 is 1.23 bits per heavy atom. The highest BCUT2D eigenvalue weighted by Gasteiger charge is 2.12. The van der Waals surface area contributed by atoms with Crippen molar-refractivity contribution in [3.63, 3.8) is 0 Å². The number of aromatic carboxylic acids is 1. The number of carbonyl (C=O) groups is 1. The second-order valence-electron chi connectivity index (χ2n) is 6.18. The molecule has 26 heavy (non-hydrogen) atoms. The zero-order chi connectivity index (χ0) is 19.3. The van der Waals surface area contributed by atoms with Crippen LogP contribution in [0.4, 0.5) is 5.69 Å². The molecule has 0 aliphatic rings. The Morgan fingerprint density at radius 3 is 2.46 bits per heavy atom. The number of nitrogens with one attached hydrogen (secondary N) is 1. The predicted octanol–water partition coefficient (Wildman–Crippen LogP) is 3.84. The number of carboxylic acid groups (broad SMARTS) is 1. The smallest absolute Gasteiger partial charge is 0.335 e. The van der Waals surface area contributed by atoms with Crippen LogP contribution >= 0.6 is 23.2 Å². The van der Waals surface area contributed by atoms with E-state index in [1.54, 1.807) is 25.1 Å². The van der Waals surface area contributed by atoms with Gasteiger partial charge in [0.15, 0.2) is 0 Å². The third kappa shape index (κ3) is 5.35. The number of halogens is 2. The van der Waals surface area contributed by atoms with Crippen molar-refractivity contribution in [3.8, 4) is 0 Å². The molecule has 1 unspecified atom stereocenters. The number of nitrogens with two attached hydrogens (primary N) is 1. The molecule has 0 fully saturated rings. The first-order chi connectivity index (χ1) is 12.3. The highest BCUT2D eigenvalue weighted by molar-refractivity contribution is 6.38. The summed E-state index contributed by atoms with van der Waals surface area (Å²) in [6, 6.07) is 8.60. The number of nitrogen functional groups attached to an aromatic ring is 1. The number of aryl methyl sites for hydroxylation is 2. The molecule has 2 aromatic rings. The maximum Gasteiger partial charge on any atom is 0.335 e. The fraction of sp³-hybridized carbons (Fsp3) is 0.316.